The molecule has 0 aliphatic heterocycles. The van der Waals surface area contributed by atoms with Gasteiger partial charge in [-0.3, -0.25) is 9.59 Å². The molecule has 7 heteroatoms. The van der Waals surface area contributed by atoms with Gasteiger partial charge in [-0.15, -0.1) is 0 Å². The molecular formula is C20H18O7. The van der Waals surface area contributed by atoms with Gasteiger partial charge in [-0.1, -0.05) is 24.3 Å². The summed E-state index contributed by atoms with van der Waals surface area (Å²) in [7, 11) is 0. The smallest absolute Gasteiger partial charge is 0.337 e. The van der Waals surface area contributed by atoms with Gasteiger partial charge in [0, 0.05) is 0 Å². The molecule has 0 saturated carbocycles. The van der Waals surface area contributed by atoms with E-state index in [4.69, 9.17) is 14.2 Å². The van der Waals surface area contributed by atoms with Gasteiger partial charge in [0.2, 0.25) is 0 Å². The van der Waals surface area contributed by atoms with Crippen LogP contribution in [-0.2, 0) is 14.3 Å². The van der Waals surface area contributed by atoms with E-state index < -0.39 is 25.2 Å². The first kappa shape index (κ1) is 20.0. The highest BCUT2D eigenvalue weighted by Gasteiger charge is 2.15. The number of benzene rings is 2. The second kappa shape index (κ2) is 9.40. The van der Waals surface area contributed by atoms with Crippen molar-refractivity contribution in [2.75, 3.05) is 13.2 Å². The molecule has 0 spiro atoms. The van der Waals surface area contributed by atoms with E-state index in [0.717, 1.165) is 0 Å². The van der Waals surface area contributed by atoms with Crippen LogP contribution in [0.5, 0.6) is 11.5 Å². The minimum Gasteiger partial charge on any atom is -0.424 e. The highest BCUT2D eigenvalue weighted by molar-refractivity contribution is 5.98. The van der Waals surface area contributed by atoms with E-state index in [2.05, 4.69) is 0 Å². The molecule has 0 fully saturated rings. The molecular weight excluding hydrogens is 352 g/mol. The van der Waals surface area contributed by atoms with Crippen LogP contribution in [-0.4, -0.2) is 36.7 Å². The van der Waals surface area contributed by atoms with E-state index in [-0.39, 0.29) is 34.2 Å². The van der Waals surface area contributed by atoms with Crippen LogP contribution in [0.2, 0.25) is 0 Å². The molecule has 2 aromatic carbocycles. The summed E-state index contributed by atoms with van der Waals surface area (Å²) in [4.78, 5) is 46.6. The summed E-state index contributed by atoms with van der Waals surface area (Å²) < 4.78 is 15.1. The number of esters is 2. The van der Waals surface area contributed by atoms with Gasteiger partial charge in [0.05, 0.1) is 11.1 Å². The molecule has 140 valence electrons. The first-order chi connectivity index (χ1) is 12.9. The summed E-state index contributed by atoms with van der Waals surface area (Å²) in [6, 6.07) is 12.6. The Bertz CT molecular complexity index is 799. The van der Waals surface area contributed by atoms with Crippen molar-refractivity contribution in [3.63, 3.8) is 0 Å². The maximum atomic E-state index is 11.8. The first-order valence-corrected chi connectivity index (χ1v) is 8.07. The average molecular weight is 370 g/mol. The summed E-state index contributed by atoms with van der Waals surface area (Å²) in [6.07, 6.45) is 0. The van der Waals surface area contributed by atoms with Crippen LogP contribution in [0.25, 0.3) is 0 Å². The van der Waals surface area contributed by atoms with Gasteiger partial charge in [0.25, 0.3) is 0 Å². The number of hydrogen-bond acceptors (Lipinski definition) is 7. The Morgan fingerprint density at radius 3 is 1.41 bits per heavy atom. The van der Waals surface area contributed by atoms with Crippen LogP contribution in [0, 0.1) is 0 Å². The lowest BCUT2D eigenvalue weighted by Gasteiger charge is -2.09. The molecule has 0 N–H and O–H groups in total. The lowest BCUT2D eigenvalue weighted by molar-refractivity contribution is -0.145. The third-order valence-electron chi connectivity index (χ3n) is 3.42. The molecule has 0 radical (unpaired) electrons. The van der Waals surface area contributed by atoms with Crippen molar-refractivity contribution in [1.82, 2.24) is 0 Å². The standard InChI is InChI=1S/C20H18O7/c1-13(21)15-7-3-5-9-17(15)26-19(23)11-25-12-20(24)27-18-10-6-4-8-16(18)14(2)22/h3-10H,11-12H2,1-2H3. The molecule has 0 aliphatic rings. The van der Waals surface area contributed by atoms with Gasteiger partial charge in [-0.05, 0) is 38.1 Å². The van der Waals surface area contributed by atoms with Crippen LogP contribution in [0.15, 0.2) is 48.5 Å². The zero-order chi connectivity index (χ0) is 19.8. The van der Waals surface area contributed by atoms with Gasteiger partial charge in [0.15, 0.2) is 11.6 Å². The molecule has 0 aromatic heterocycles. The van der Waals surface area contributed by atoms with Crippen LogP contribution in [0.4, 0.5) is 0 Å². The van der Waals surface area contributed by atoms with Gasteiger partial charge in [-0.2, -0.15) is 0 Å². The maximum absolute atomic E-state index is 11.8. The number of hydrogen-bond donors (Lipinski definition) is 0. The Kier molecular flexibility index (Phi) is 6.96. The number of Topliss-reactive ketones (excluding diaryl/α,β-unsaturated/α-hetero) is 2. The van der Waals surface area contributed by atoms with Crippen LogP contribution in [0.3, 0.4) is 0 Å². The molecule has 0 heterocycles. The van der Waals surface area contributed by atoms with E-state index >= 15 is 0 Å². The zero-order valence-electron chi connectivity index (χ0n) is 14.9. The van der Waals surface area contributed by atoms with E-state index in [1.165, 1.54) is 38.1 Å². The van der Waals surface area contributed by atoms with Crippen molar-refractivity contribution in [3.8, 4) is 11.5 Å². The van der Waals surface area contributed by atoms with Gasteiger partial charge in [-0.25, -0.2) is 9.59 Å². The summed E-state index contributed by atoms with van der Waals surface area (Å²) in [6.45, 7) is 1.71. The minimum absolute atomic E-state index is 0.122. The number of para-hydroxylation sites is 2. The molecule has 0 aliphatic carbocycles. The van der Waals surface area contributed by atoms with E-state index in [9.17, 15) is 19.2 Å². The van der Waals surface area contributed by atoms with Crippen molar-refractivity contribution in [2.24, 2.45) is 0 Å². The topological polar surface area (TPSA) is 96.0 Å². The predicted molar refractivity (Wildman–Crippen MR) is 95.0 cm³/mol. The summed E-state index contributed by atoms with van der Waals surface area (Å²) in [5, 5.41) is 0. The lowest BCUT2D eigenvalue weighted by Crippen LogP contribution is -2.22. The summed E-state index contributed by atoms with van der Waals surface area (Å²) in [5.74, 6) is -1.77. The molecule has 0 bridgehead atoms. The number of carbonyl (C=O) groups excluding carboxylic acids is 4. The van der Waals surface area contributed by atoms with Crippen molar-refractivity contribution < 1.29 is 33.4 Å². The number of ketones is 2. The molecule has 0 atom stereocenters. The van der Waals surface area contributed by atoms with Crippen molar-refractivity contribution in [3.05, 3.63) is 59.7 Å². The first-order valence-electron chi connectivity index (χ1n) is 8.07. The number of ether oxygens (including phenoxy) is 3. The summed E-state index contributed by atoms with van der Waals surface area (Å²) in [5.41, 5.74) is 0.539. The quantitative estimate of drug-likeness (QED) is 0.400. The molecule has 27 heavy (non-hydrogen) atoms. The Morgan fingerprint density at radius 2 is 1.04 bits per heavy atom. The van der Waals surface area contributed by atoms with Crippen LogP contribution < -0.4 is 9.47 Å². The third kappa shape index (κ3) is 5.86. The zero-order valence-corrected chi connectivity index (χ0v) is 14.9. The predicted octanol–water partition coefficient (Wildman–Crippen LogP) is 2.62. The second-order valence-corrected chi connectivity index (χ2v) is 5.55. The SMILES string of the molecule is CC(=O)c1ccccc1OC(=O)COCC(=O)Oc1ccccc1C(C)=O. The van der Waals surface area contributed by atoms with E-state index in [0.29, 0.717) is 0 Å². The van der Waals surface area contributed by atoms with Crippen molar-refractivity contribution >= 4 is 23.5 Å². The Labute approximate surface area is 155 Å². The fourth-order valence-electron chi connectivity index (χ4n) is 2.21. The third-order valence-corrected chi connectivity index (χ3v) is 3.42. The van der Waals surface area contributed by atoms with Crippen LogP contribution >= 0.6 is 0 Å². The largest absolute Gasteiger partial charge is 0.424 e. The minimum atomic E-state index is -0.763. The van der Waals surface area contributed by atoms with Gasteiger partial charge < -0.3 is 14.2 Å². The summed E-state index contributed by atoms with van der Waals surface area (Å²) >= 11 is 0. The highest BCUT2D eigenvalue weighted by Crippen LogP contribution is 2.19. The molecule has 7 nitrogen and oxygen atoms in total. The Hall–Kier alpha value is -3.32. The molecule has 0 unspecified atom stereocenters. The maximum Gasteiger partial charge on any atom is 0.337 e. The monoisotopic (exact) mass is 370 g/mol. The van der Waals surface area contributed by atoms with E-state index in [1.54, 1.807) is 24.3 Å². The second-order valence-electron chi connectivity index (χ2n) is 5.55. The van der Waals surface area contributed by atoms with Crippen molar-refractivity contribution in [1.29, 1.82) is 0 Å². The molecule has 0 amide bonds. The molecule has 0 saturated heterocycles. The number of rotatable bonds is 8. The highest BCUT2D eigenvalue weighted by atomic mass is 16.6. The molecule has 2 aromatic rings. The average Bonchev–Trinajstić information content (AvgIpc) is 2.62. The fourth-order valence-corrected chi connectivity index (χ4v) is 2.21. The lowest BCUT2D eigenvalue weighted by atomic mass is 10.1. The Balaban J connectivity index is 1.84. The Morgan fingerprint density at radius 1 is 0.667 bits per heavy atom. The van der Waals surface area contributed by atoms with Crippen molar-refractivity contribution in [2.45, 2.75) is 13.8 Å². The normalized spacial score (nSPS) is 10.1. The number of carbonyl (C=O) groups is 4. The van der Waals surface area contributed by atoms with Gasteiger partial charge in [0.1, 0.15) is 24.7 Å². The fraction of sp³-hybridized carbons (Fsp3) is 0.200. The van der Waals surface area contributed by atoms with Crippen LogP contribution in [0.1, 0.15) is 34.6 Å². The molecule has 2 rings (SSSR count). The van der Waals surface area contributed by atoms with E-state index in [1.807, 2.05) is 0 Å². The van der Waals surface area contributed by atoms with Gasteiger partial charge >= 0.3 is 11.9 Å².